The van der Waals surface area contributed by atoms with E-state index in [2.05, 4.69) is 0 Å². The fourth-order valence-corrected chi connectivity index (χ4v) is 2.90. The highest BCUT2D eigenvalue weighted by Gasteiger charge is 2.16. The van der Waals surface area contributed by atoms with E-state index >= 15 is 0 Å². The predicted octanol–water partition coefficient (Wildman–Crippen LogP) is 2.70. The van der Waals surface area contributed by atoms with Crippen molar-refractivity contribution in [3.63, 3.8) is 0 Å². The quantitative estimate of drug-likeness (QED) is 0.747. The summed E-state index contributed by atoms with van der Waals surface area (Å²) in [5, 5.41) is 0. The van der Waals surface area contributed by atoms with Crippen molar-refractivity contribution in [2.45, 2.75) is 11.3 Å². The highest BCUT2D eigenvalue weighted by atomic mass is 32.2. The molecule has 0 saturated heterocycles. The van der Waals surface area contributed by atoms with Gasteiger partial charge in [0.25, 0.3) is 0 Å². The van der Waals surface area contributed by atoms with E-state index in [9.17, 15) is 9.59 Å². The molecular weight excluding hydrogens is 324 g/mol. The SMILES string of the molecule is COc1ccc(SCC(=O)N(CCC(N)=O)c2ccccc2)cc1. The number of carbonyl (C=O) groups excluding carboxylic acids is 2. The van der Waals surface area contributed by atoms with E-state index in [1.807, 2.05) is 54.6 Å². The van der Waals surface area contributed by atoms with Gasteiger partial charge in [-0.3, -0.25) is 9.59 Å². The number of nitrogens with two attached hydrogens (primary N) is 1. The summed E-state index contributed by atoms with van der Waals surface area (Å²) in [5.41, 5.74) is 5.98. The van der Waals surface area contributed by atoms with E-state index < -0.39 is 5.91 Å². The summed E-state index contributed by atoms with van der Waals surface area (Å²) in [4.78, 5) is 26.2. The predicted molar refractivity (Wildman–Crippen MR) is 96.3 cm³/mol. The molecule has 0 radical (unpaired) electrons. The van der Waals surface area contributed by atoms with E-state index in [0.29, 0.717) is 0 Å². The Hall–Kier alpha value is -2.47. The minimum atomic E-state index is -0.425. The van der Waals surface area contributed by atoms with Gasteiger partial charge in [0.15, 0.2) is 0 Å². The van der Waals surface area contributed by atoms with Crippen LogP contribution in [0.2, 0.25) is 0 Å². The zero-order valence-electron chi connectivity index (χ0n) is 13.5. The molecule has 0 fully saturated rings. The number of nitrogens with zero attached hydrogens (tertiary/aromatic N) is 1. The topological polar surface area (TPSA) is 72.6 Å². The number of hydrogen-bond donors (Lipinski definition) is 1. The number of methoxy groups -OCH3 is 1. The van der Waals surface area contributed by atoms with Gasteiger partial charge < -0.3 is 15.4 Å². The Bertz CT molecular complexity index is 674. The van der Waals surface area contributed by atoms with Crippen molar-refractivity contribution in [1.82, 2.24) is 0 Å². The number of carbonyl (C=O) groups is 2. The number of ether oxygens (including phenoxy) is 1. The first-order valence-corrected chi connectivity index (χ1v) is 8.49. The van der Waals surface area contributed by atoms with Gasteiger partial charge in [-0.2, -0.15) is 0 Å². The maximum Gasteiger partial charge on any atom is 0.237 e. The number of para-hydroxylation sites is 1. The van der Waals surface area contributed by atoms with Gasteiger partial charge in [0, 0.05) is 23.5 Å². The van der Waals surface area contributed by atoms with Crippen LogP contribution in [0.4, 0.5) is 5.69 Å². The second kappa shape index (κ2) is 8.98. The molecule has 0 spiro atoms. The second-order valence-corrected chi connectivity index (χ2v) is 6.11. The maximum atomic E-state index is 12.6. The minimum Gasteiger partial charge on any atom is -0.497 e. The number of anilines is 1. The molecule has 0 saturated carbocycles. The third-order valence-corrected chi connectivity index (χ3v) is 4.37. The highest BCUT2D eigenvalue weighted by Crippen LogP contribution is 2.23. The zero-order chi connectivity index (χ0) is 17.4. The lowest BCUT2D eigenvalue weighted by Gasteiger charge is -2.22. The molecule has 0 aliphatic carbocycles. The van der Waals surface area contributed by atoms with Crippen LogP contribution in [0.3, 0.4) is 0 Å². The molecule has 5 nitrogen and oxygen atoms in total. The first-order valence-electron chi connectivity index (χ1n) is 7.50. The molecule has 24 heavy (non-hydrogen) atoms. The van der Waals surface area contributed by atoms with Crippen LogP contribution in [0.1, 0.15) is 6.42 Å². The first kappa shape index (κ1) is 17.9. The smallest absolute Gasteiger partial charge is 0.237 e. The monoisotopic (exact) mass is 344 g/mol. The summed E-state index contributed by atoms with van der Waals surface area (Å²) < 4.78 is 5.12. The molecule has 0 aliphatic rings. The van der Waals surface area contributed by atoms with Crippen molar-refractivity contribution in [1.29, 1.82) is 0 Å². The molecule has 0 atom stereocenters. The van der Waals surface area contributed by atoms with Crippen molar-refractivity contribution < 1.29 is 14.3 Å². The Morgan fingerprint density at radius 3 is 2.33 bits per heavy atom. The van der Waals surface area contributed by atoms with E-state index in [4.69, 9.17) is 10.5 Å². The van der Waals surface area contributed by atoms with Gasteiger partial charge in [-0.25, -0.2) is 0 Å². The molecule has 0 aliphatic heterocycles. The van der Waals surface area contributed by atoms with Crippen molar-refractivity contribution in [2.75, 3.05) is 24.3 Å². The summed E-state index contributed by atoms with van der Waals surface area (Å²) in [7, 11) is 1.61. The van der Waals surface area contributed by atoms with Gasteiger partial charge in [0.1, 0.15) is 5.75 Å². The summed E-state index contributed by atoms with van der Waals surface area (Å²) in [6.07, 6.45) is 0.133. The average Bonchev–Trinajstić information content (AvgIpc) is 2.61. The summed E-state index contributed by atoms with van der Waals surface area (Å²) >= 11 is 1.44. The molecule has 2 aromatic carbocycles. The molecule has 0 unspecified atom stereocenters. The Balaban J connectivity index is 2.02. The van der Waals surface area contributed by atoms with Gasteiger partial charge in [0.2, 0.25) is 11.8 Å². The van der Waals surface area contributed by atoms with Crippen LogP contribution in [-0.4, -0.2) is 31.2 Å². The number of thioether (sulfide) groups is 1. The number of rotatable bonds is 8. The number of amides is 2. The fourth-order valence-electron chi connectivity index (χ4n) is 2.12. The molecule has 0 aromatic heterocycles. The van der Waals surface area contributed by atoms with Crippen LogP contribution < -0.4 is 15.4 Å². The summed E-state index contributed by atoms with van der Waals surface area (Å²) in [5.74, 6) is 0.563. The molecule has 2 aromatic rings. The number of hydrogen-bond acceptors (Lipinski definition) is 4. The lowest BCUT2D eigenvalue weighted by Crippen LogP contribution is -2.35. The van der Waals surface area contributed by atoms with E-state index in [1.54, 1.807) is 12.0 Å². The van der Waals surface area contributed by atoms with E-state index in [0.717, 1.165) is 16.3 Å². The van der Waals surface area contributed by atoms with Gasteiger partial charge in [-0.15, -0.1) is 11.8 Å². The Morgan fingerprint density at radius 1 is 1.08 bits per heavy atom. The van der Waals surface area contributed by atoms with Crippen LogP contribution in [0, 0.1) is 0 Å². The molecule has 2 N–H and O–H groups in total. The fraction of sp³-hybridized carbons (Fsp3) is 0.222. The standard InChI is InChI=1S/C18H20N2O3S/c1-23-15-7-9-16(10-8-15)24-13-18(22)20(12-11-17(19)21)14-5-3-2-4-6-14/h2-10H,11-13H2,1H3,(H2,19,21). The number of benzene rings is 2. The molecule has 6 heteroatoms. The lowest BCUT2D eigenvalue weighted by molar-refractivity contribution is -0.118. The van der Waals surface area contributed by atoms with Crippen molar-refractivity contribution in [3.05, 3.63) is 54.6 Å². The first-order chi connectivity index (χ1) is 11.6. The zero-order valence-corrected chi connectivity index (χ0v) is 14.3. The molecule has 2 rings (SSSR count). The Kier molecular flexibility index (Phi) is 6.69. The van der Waals surface area contributed by atoms with Crippen molar-refractivity contribution in [3.8, 4) is 5.75 Å². The Morgan fingerprint density at radius 2 is 1.75 bits per heavy atom. The minimum absolute atomic E-state index is 0.0664. The van der Waals surface area contributed by atoms with Gasteiger partial charge in [-0.1, -0.05) is 18.2 Å². The average molecular weight is 344 g/mol. The van der Waals surface area contributed by atoms with Crippen LogP contribution in [0.5, 0.6) is 5.75 Å². The molecule has 0 bridgehead atoms. The normalized spacial score (nSPS) is 10.2. The lowest BCUT2D eigenvalue weighted by atomic mass is 10.2. The largest absolute Gasteiger partial charge is 0.497 e. The van der Waals surface area contributed by atoms with Crippen LogP contribution in [0.25, 0.3) is 0 Å². The second-order valence-electron chi connectivity index (χ2n) is 5.06. The summed E-state index contributed by atoms with van der Waals surface area (Å²) in [6, 6.07) is 16.8. The number of primary amides is 1. The van der Waals surface area contributed by atoms with Gasteiger partial charge >= 0.3 is 0 Å². The van der Waals surface area contributed by atoms with Crippen molar-refractivity contribution in [2.24, 2.45) is 5.73 Å². The van der Waals surface area contributed by atoms with Crippen LogP contribution in [0.15, 0.2) is 59.5 Å². The van der Waals surface area contributed by atoms with Gasteiger partial charge in [0.05, 0.1) is 12.9 Å². The van der Waals surface area contributed by atoms with Crippen LogP contribution in [-0.2, 0) is 9.59 Å². The van der Waals surface area contributed by atoms with Crippen LogP contribution >= 0.6 is 11.8 Å². The van der Waals surface area contributed by atoms with E-state index in [-0.39, 0.29) is 24.6 Å². The highest BCUT2D eigenvalue weighted by molar-refractivity contribution is 8.00. The molecular formula is C18H20N2O3S. The maximum absolute atomic E-state index is 12.6. The van der Waals surface area contributed by atoms with Gasteiger partial charge in [-0.05, 0) is 36.4 Å². The Labute approximate surface area is 145 Å². The van der Waals surface area contributed by atoms with E-state index in [1.165, 1.54) is 11.8 Å². The molecule has 126 valence electrons. The molecule has 0 heterocycles. The van der Waals surface area contributed by atoms with Crippen molar-refractivity contribution >= 4 is 29.3 Å². The molecule has 2 amide bonds. The summed E-state index contributed by atoms with van der Waals surface area (Å²) in [6.45, 7) is 0.279. The third kappa shape index (κ3) is 5.31. The third-order valence-electron chi connectivity index (χ3n) is 3.37.